The van der Waals surface area contributed by atoms with Crippen molar-refractivity contribution in [3.8, 4) is 6.07 Å². The number of rotatable bonds is 1. The summed E-state index contributed by atoms with van der Waals surface area (Å²) in [4.78, 5) is -0.0991. The molecule has 0 spiro atoms. The Morgan fingerprint density at radius 1 is 1.29 bits per heavy atom. The second-order valence-corrected chi connectivity index (χ2v) is 9.07. The van der Waals surface area contributed by atoms with E-state index in [1.807, 2.05) is 6.07 Å². The van der Waals surface area contributed by atoms with Gasteiger partial charge in [0.15, 0.2) is 5.76 Å². The summed E-state index contributed by atoms with van der Waals surface area (Å²) in [7, 11) is -2.59. The van der Waals surface area contributed by atoms with Crippen molar-refractivity contribution in [3.05, 3.63) is 80.2 Å². The number of benzene rings is 2. The molecule has 0 aromatic heterocycles. The van der Waals surface area contributed by atoms with Crippen molar-refractivity contribution in [2.45, 2.75) is 5.92 Å². The second kappa shape index (κ2) is 6.36. The third-order valence-electron chi connectivity index (χ3n) is 4.78. The molecule has 9 heteroatoms. The van der Waals surface area contributed by atoms with Gasteiger partial charge in [0.05, 0.1) is 16.1 Å². The molecule has 0 amide bonds. The van der Waals surface area contributed by atoms with Gasteiger partial charge in [0, 0.05) is 12.6 Å². The Bertz CT molecular complexity index is 1230. The van der Waals surface area contributed by atoms with E-state index >= 15 is 0 Å². The van der Waals surface area contributed by atoms with Crippen molar-refractivity contribution in [3.63, 3.8) is 0 Å². The average molecular weight is 462 g/mol. The third-order valence-corrected chi connectivity index (χ3v) is 7.28. The van der Waals surface area contributed by atoms with Crippen LogP contribution in [0.1, 0.15) is 17.0 Å². The van der Waals surface area contributed by atoms with Crippen LogP contribution in [0.15, 0.2) is 63.3 Å². The van der Waals surface area contributed by atoms with Crippen molar-refractivity contribution in [2.75, 3.05) is 11.4 Å². The molecule has 1 atom stereocenters. The van der Waals surface area contributed by atoms with E-state index in [-0.39, 0.29) is 26.6 Å². The lowest BCUT2D eigenvalue weighted by atomic mass is 9.88. The molecular weight excluding hydrogens is 449 g/mol. The van der Waals surface area contributed by atoms with Gasteiger partial charge in [-0.2, -0.15) is 5.26 Å². The fourth-order valence-corrected chi connectivity index (χ4v) is 5.47. The SMILES string of the molecule is CN1c2ccccc2C2=C(C(c3ccc(F)c(Br)c3)C(C#N)=C(N)O2)S1(=O)=O. The van der Waals surface area contributed by atoms with Gasteiger partial charge in [0.25, 0.3) is 10.0 Å². The van der Waals surface area contributed by atoms with Crippen LogP contribution >= 0.6 is 15.9 Å². The molecule has 6 nitrogen and oxygen atoms in total. The highest BCUT2D eigenvalue weighted by molar-refractivity contribution is 9.10. The van der Waals surface area contributed by atoms with Crippen molar-refractivity contribution in [2.24, 2.45) is 5.73 Å². The van der Waals surface area contributed by atoms with E-state index in [2.05, 4.69) is 15.9 Å². The summed E-state index contributed by atoms with van der Waals surface area (Å²) in [6, 6.07) is 12.9. The van der Waals surface area contributed by atoms with Crippen LogP contribution in [-0.4, -0.2) is 15.5 Å². The molecular formula is C19H13BrFN3O3S. The van der Waals surface area contributed by atoms with Gasteiger partial charge in [-0.05, 0) is 45.8 Å². The zero-order chi connectivity index (χ0) is 20.2. The van der Waals surface area contributed by atoms with E-state index in [4.69, 9.17) is 10.5 Å². The normalized spacial score (nSPS) is 20.2. The predicted octanol–water partition coefficient (Wildman–Crippen LogP) is 3.54. The molecule has 2 aliphatic heterocycles. The molecule has 2 N–H and O–H groups in total. The Hall–Kier alpha value is -2.83. The summed E-state index contributed by atoms with van der Waals surface area (Å²) in [5.41, 5.74) is 7.32. The number of halogens is 2. The molecule has 0 saturated carbocycles. The summed E-state index contributed by atoms with van der Waals surface area (Å²) in [5.74, 6) is -1.63. The molecule has 1 unspecified atom stereocenters. The Kier molecular flexibility index (Phi) is 4.21. The summed E-state index contributed by atoms with van der Waals surface area (Å²) in [6.07, 6.45) is 0. The van der Waals surface area contributed by atoms with E-state index in [1.54, 1.807) is 24.3 Å². The first kappa shape index (κ1) is 18.5. The molecule has 2 aliphatic rings. The summed E-state index contributed by atoms with van der Waals surface area (Å²) < 4.78 is 47.4. The highest BCUT2D eigenvalue weighted by Crippen LogP contribution is 2.50. The van der Waals surface area contributed by atoms with Crippen molar-refractivity contribution >= 4 is 37.4 Å². The van der Waals surface area contributed by atoms with Gasteiger partial charge in [-0.3, -0.25) is 4.31 Å². The maximum absolute atomic E-state index is 13.8. The zero-order valence-corrected chi connectivity index (χ0v) is 16.9. The molecule has 4 rings (SSSR count). The number of hydrogen-bond donors (Lipinski definition) is 1. The number of nitrogens with zero attached hydrogens (tertiary/aromatic N) is 2. The molecule has 2 heterocycles. The highest BCUT2D eigenvalue weighted by Gasteiger charge is 2.46. The molecule has 142 valence electrons. The van der Waals surface area contributed by atoms with E-state index < -0.39 is 21.8 Å². The predicted molar refractivity (Wildman–Crippen MR) is 105 cm³/mol. The van der Waals surface area contributed by atoms with Gasteiger partial charge >= 0.3 is 0 Å². The van der Waals surface area contributed by atoms with Gasteiger partial charge in [-0.1, -0.05) is 18.2 Å². The Labute approximate surface area is 169 Å². The van der Waals surface area contributed by atoms with Crippen LogP contribution < -0.4 is 10.0 Å². The summed E-state index contributed by atoms with van der Waals surface area (Å²) in [6.45, 7) is 0. The quantitative estimate of drug-likeness (QED) is 0.700. The van der Waals surface area contributed by atoms with Crippen molar-refractivity contribution in [1.29, 1.82) is 5.26 Å². The first-order valence-corrected chi connectivity index (χ1v) is 10.4. The zero-order valence-electron chi connectivity index (χ0n) is 14.5. The number of hydrogen-bond acceptors (Lipinski definition) is 5. The number of ether oxygens (including phenoxy) is 1. The fourth-order valence-electron chi connectivity index (χ4n) is 3.42. The molecule has 0 saturated heterocycles. The number of fused-ring (bicyclic) bond motifs is 2. The van der Waals surface area contributed by atoms with Gasteiger partial charge in [-0.25, -0.2) is 12.8 Å². The monoisotopic (exact) mass is 461 g/mol. The third kappa shape index (κ3) is 2.52. The van der Waals surface area contributed by atoms with E-state index in [0.29, 0.717) is 16.8 Å². The lowest BCUT2D eigenvalue weighted by Gasteiger charge is -2.36. The van der Waals surface area contributed by atoms with Crippen molar-refractivity contribution < 1.29 is 17.5 Å². The van der Waals surface area contributed by atoms with E-state index in [0.717, 1.165) is 4.31 Å². The average Bonchev–Trinajstić information content (AvgIpc) is 2.67. The highest BCUT2D eigenvalue weighted by atomic mass is 79.9. The second-order valence-electron chi connectivity index (χ2n) is 6.28. The number of anilines is 1. The van der Waals surface area contributed by atoms with Gasteiger partial charge in [-0.15, -0.1) is 0 Å². The van der Waals surface area contributed by atoms with Crippen molar-refractivity contribution in [1.82, 2.24) is 0 Å². The topological polar surface area (TPSA) is 96.4 Å². The minimum Gasteiger partial charge on any atom is -0.439 e. The molecule has 28 heavy (non-hydrogen) atoms. The number of nitrogens with two attached hydrogens (primary N) is 1. The van der Waals surface area contributed by atoms with Crippen LogP contribution in [-0.2, 0) is 14.8 Å². The number of allylic oxidation sites excluding steroid dienone is 2. The molecule has 2 aromatic carbocycles. The largest absolute Gasteiger partial charge is 0.439 e. The van der Waals surface area contributed by atoms with Gasteiger partial charge in [0.1, 0.15) is 22.4 Å². The number of sulfonamides is 1. The van der Waals surface area contributed by atoms with Crippen LogP contribution in [0.4, 0.5) is 10.1 Å². The number of nitriles is 1. The maximum atomic E-state index is 13.8. The van der Waals surface area contributed by atoms with Crippen LogP contribution in [0.25, 0.3) is 5.76 Å². The molecule has 0 fully saturated rings. The first-order valence-electron chi connectivity index (χ1n) is 8.12. The van der Waals surface area contributed by atoms with Gasteiger partial charge in [0.2, 0.25) is 5.88 Å². The number of para-hydroxylation sites is 1. The Morgan fingerprint density at radius 3 is 2.68 bits per heavy atom. The first-order chi connectivity index (χ1) is 13.3. The molecule has 0 radical (unpaired) electrons. The van der Waals surface area contributed by atoms with E-state index in [9.17, 15) is 18.1 Å². The molecule has 2 aromatic rings. The maximum Gasteiger partial charge on any atom is 0.264 e. The fraction of sp³-hybridized carbons (Fsp3) is 0.105. The summed E-state index contributed by atoms with van der Waals surface area (Å²) >= 11 is 3.11. The smallest absolute Gasteiger partial charge is 0.264 e. The standard InChI is InChI=1S/C19H13BrFN3O3S/c1-24-15-5-3-2-4-11(15)17-18(28(24,25)26)16(12(9-22)19(23)27-17)10-6-7-14(21)13(20)8-10/h2-8,16H,23H2,1H3. The lowest BCUT2D eigenvalue weighted by molar-refractivity contribution is 0.357. The van der Waals surface area contributed by atoms with Crippen LogP contribution in [0.5, 0.6) is 0 Å². The van der Waals surface area contributed by atoms with Crippen LogP contribution in [0, 0.1) is 17.1 Å². The molecule has 0 aliphatic carbocycles. The van der Waals surface area contributed by atoms with Gasteiger partial charge < -0.3 is 10.5 Å². The minimum absolute atomic E-state index is 0.0476. The Balaban J connectivity index is 2.08. The van der Waals surface area contributed by atoms with Crippen LogP contribution in [0.3, 0.4) is 0 Å². The van der Waals surface area contributed by atoms with E-state index in [1.165, 1.54) is 25.2 Å². The summed E-state index contributed by atoms with van der Waals surface area (Å²) in [5, 5.41) is 9.65. The minimum atomic E-state index is -4.02. The lowest BCUT2D eigenvalue weighted by Crippen LogP contribution is -2.37. The molecule has 0 bridgehead atoms. The van der Waals surface area contributed by atoms with Crippen LogP contribution in [0.2, 0.25) is 0 Å². The Morgan fingerprint density at radius 2 is 2.00 bits per heavy atom.